The smallest absolute Gasteiger partial charge is 0.253 e. The van der Waals surface area contributed by atoms with Gasteiger partial charge < -0.3 is 34.2 Å². The van der Waals surface area contributed by atoms with Gasteiger partial charge in [0.15, 0.2) is 0 Å². The molecule has 3 aliphatic heterocycles. The lowest BCUT2D eigenvalue weighted by molar-refractivity contribution is -0.150. The van der Waals surface area contributed by atoms with Gasteiger partial charge in [-0.3, -0.25) is 14.4 Å². The average molecular weight is 715 g/mol. The van der Waals surface area contributed by atoms with Gasteiger partial charge in [-0.05, 0) is 94.5 Å². The van der Waals surface area contributed by atoms with Crippen LogP contribution in [-0.2, 0) is 19.1 Å². The lowest BCUT2D eigenvalue weighted by atomic mass is 9.62. The van der Waals surface area contributed by atoms with Crippen LogP contribution in [0, 0.1) is 23.7 Å². The number of aliphatic hydroxyl groups is 1. The van der Waals surface area contributed by atoms with Crippen LogP contribution in [0.5, 0.6) is 5.75 Å². The summed E-state index contributed by atoms with van der Waals surface area (Å²) in [4.78, 5) is 52.6. The second-order valence-electron chi connectivity index (χ2n) is 14.7. The lowest BCUT2D eigenvalue weighted by Crippen LogP contribution is -2.60. The van der Waals surface area contributed by atoms with Crippen molar-refractivity contribution in [3.8, 4) is 5.75 Å². The molecule has 2 aromatic rings. The fourth-order valence-corrected chi connectivity index (χ4v) is 9.04. The molecule has 3 amide bonds. The molecule has 3 saturated heterocycles. The van der Waals surface area contributed by atoms with Gasteiger partial charge in [0.05, 0.1) is 36.7 Å². The maximum atomic E-state index is 15.3. The van der Waals surface area contributed by atoms with Crippen molar-refractivity contribution in [2.24, 2.45) is 23.7 Å². The molecule has 52 heavy (non-hydrogen) atoms. The van der Waals surface area contributed by atoms with Crippen LogP contribution in [0.15, 0.2) is 73.8 Å². The van der Waals surface area contributed by atoms with Gasteiger partial charge in [-0.25, -0.2) is 0 Å². The Morgan fingerprint density at radius 3 is 2.00 bits per heavy atom. The normalized spacial score (nSPS) is 27.2. The Morgan fingerprint density at radius 1 is 0.962 bits per heavy atom. The van der Waals surface area contributed by atoms with Crippen LogP contribution >= 0.6 is 0 Å². The molecule has 3 unspecified atom stereocenters. The van der Waals surface area contributed by atoms with Gasteiger partial charge in [0.25, 0.3) is 5.91 Å². The van der Waals surface area contributed by atoms with Gasteiger partial charge in [-0.2, -0.15) is 0 Å². The zero-order valence-corrected chi connectivity index (χ0v) is 32.1. The number of hydrogen-bond acceptors (Lipinski definition) is 7. The molecule has 10 heteroatoms. The minimum absolute atomic E-state index is 0.124. The van der Waals surface area contributed by atoms with E-state index >= 15 is 14.4 Å². The van der Waals surface area contributed by atoms with Crippen molar-refractivity contribution in [1.82, 2.24) is 4.90 Å². The van der Waals surface area contributed by atoms with E-state index in [1.807, 2.05) is 83.1 Å². The molecule has 5 rings (SSSR count). The first-order valence-corrected chi connectivity index (χ1v) is 19.0. The van der Waals surface area contributed by atoms with Crippen molar-refractivity contribution >= 4 is 34.8 Å². The summed E-state index contributed by atoms with van der Waals surface area (Å²) >= 11 is 0. The highest BCUT2D eigenvalue weighted by molar-refractivity contribution is 6.07. The fraction of sp³-hybridized carbons (Fsp3) is 0.548. The predicted octanol–water partition coefficient (Wildman–Crippen LogP) is 6.09. The zero-order valence-electron chi connectivity index (χ0n) is 32.1. The predicted molar refractivity (Wildman–Crippen MR) is 207 cm³/mol. The van der Waals surface area contributed by atoms with E-state index in [9.17, 15) is 5.11 Å². The average Bonchev–Trinajstić information content (AvgIpc) is 3.66. The number of fused-ring (bicyclic) bond motifs is 1. The molecule has 3 aliphatic rings. The number of benzene rings is 2. The van der Waals surface area contributed by atoms with Crippen LogP contribution in [0.2, 0.25) is 0 Å². The van der Waals surface area contributed by atoms with Crippen LogP contribution in [0.4, 0.5) is 17.1 Å². The molecule has 1 N–H and O–H groups in total. The van der Waals surface area contributed by atoms with E-state index < -0.39 is 35.1 Å². The molecule has 3 fully saturated rings. The van der Waals surface area contributed by atoms with Crippen LogP contribution in [0.25, 0.3) is 0 Å². The third-order valence-corrected chi connectivity index (χ3v) is 12.0. The van der Waals surface area contributed by atoms with E-state index in [0.717, 1.165) is 18.8 Å². The Kier molecular flexibility index (Phi) is 11.9. The molecule has 8 atom stereocenters. The van der Waals surface area contributed by atoms with E-state index in [2.05, 4.69) is 31.9 Å². The minimum atomic E-state index is -1.29. The van der Waals surface area contributed by atoms with Crippen molar-refractivity contribution in [2.75, 3.05) is 54.1 Å². The maximum Gasteiger partial charge on any atom is 0.253 e. The molecule has 0 aromatic heterocycles. The van der Waals surface area contributed by atoms with Gasteiger partial charge in [0, 0.05) is 43.2 Å². The number of likely N-dealkylation sites (tertiary alicyclic amines) is 1. The monoisotopic (exact) mass is 714 g/mol. The van der Waals surface area contributed by atoms with Gasteiger partial charge in [0.2, 0.25) is 11.8 Å². The van der Waals surface area contributed by atoms with Gasteiger partial charge in [0.1, 0.15) is 17.4 Å². The van der Waals surface area contributed by atoms with Crippen molar-refractivity contribution in [3.63, 3.8) is 0 Å². The summed E-state index contributed by atoms with van der Waals surface area (Å²) in [6, 6.07) is 13.5. The molecule has 0 aliphatic carbocycles. The number of carbonyl (C=O) groups excluding carboxylic acids is 3. The molecule has 2 bridgehead atoms. The Labute approximate surface area is 310 Å². The van der Waals surface area contributed by atoms with Crippen LogP contribution in [0.1, 0.15) is 61.3 Å². The van der Waals surface area contributed by atoms with Crippen molar-refractivity contribution < 1.29 is 29.0 Å². The molecule has 0 saturated carbocycles. The van der Waals surface area contributed by atoms with E-state index in [1.54, 1.807) is 26.9 Å². The highest BCUT2D eigenvalue weighted by Crippen LogP contribution is 2.66. The first-order chi connectivity index (χ1) is 24.9. The molecule has 10 nitrogen and oxygen atoms in total. The molecule has 3 heterocycles. The number of hydrogen-bond donors (Lipinski definition) is 1. The van der Waals surface area contributed by atoms with E-state index in [1.165, 1.54) is 0 Å². The summed E-state index contributed by atoms with van der Waals surface area (Å²) in [7, 11) is 0. The first-order valence-electron chi connectivity index (χ1n) is 19.0. The highest BCUT2D eigenvalue weighted by atomic mass is 16.5. The second-order valence-corrected chi connectivity index (χ2v) is 14.7. The maximum absolute atomic E-state index is 15.3. The summed E-state index contributed by atoms with van der Waals surface area (Å²) in [5.74, 6) is -2.29. The molecule has 282 valence electrons. The minimum Gasteiger partial charge on any atom is -0.494 e. The third-order valence-electron chi connectivity index (χ3n) is 12.0. The standard InChI is InChI=1S/C42H58N4O6/c1-10-24-44(32-20-22-33(23-21-32)51-15-6)38(48)35-36-39(49)46(34(27-47)28(7)12-3)37(42(36)26-29(8)41(35,9)52-42)40(50)45(25-11-2)31-18-16-30(17-19-31)43(13-4)14-5/h10-11,16-23,28-29,34-37,47H,1-2,12-15,24-27H2,3-9H3/t28-,29?,34-,35-,36-,37?,41+,42?/m0/s1. The Balaban J connectivity index is 1.63. The van der Waals surface area contributed by atoms with Crippen LogP contribution in [-0.4, -0.2) is 90.4 Å². The first kappa shape index (κ1) is 39.1. The topological polar surface area (TPSA) is 103 Å². The van der Waals surface area contributed by atoms with Gasteiger partial charge in [-0.15, -0.1) is 13.2 Å². The molecular formula is C42H58N4O6. The quantitative estimate of drug-likeness (QED) is 0.198. The molecule has 1 spiro atoms. The van der Waals surface area contributed by atoms with E-state index in [4.69, 9.17) is 9.47 Å². The van der Waals surface area contributed by atoms with Gasteiger partial charge in [-0.1, -0.05) is 39.3 Å². The number of aliphatic hydroxyl groups excluding tert-OH is 1. The summed E-state index contributed by atoms with van der Waals surface area (Å²) in [5, 5.41) is 10.9. The largest absolute Gasteiger partial charge is 0.494 e. The SMILES string of the molecule is C=CCN(C(=O)C1N([C@@H](CO)[C@@H](C)CC)C(=O)[C@@H]2[C@@H](C(=O)N(CC=C)c3ccc(OCC)cc3)[C@]3(C)OC12CC3C)c1ccc(N(CC)CC)cc1. The lowest BCUT2D eigenvalue weighted by Gasteiger charge is -2.41. The summed E-state index contributed by atoms with van der Waals surface area (Å²) in [6.07, 6.45) is 4.45. The number of nitrogens with zero attached hydrogens (tertiary/aromatic N) is 4. The third kappa shape index (κ3) is 6.42. The Bertz CT molecular complexity index is 1610. The molecule has 2 aromatic carbocycles. The Morgan fingerprint density at radius 2 is 1.50 bits per heavy atom. The van der Waals surface area contributed by atoms with Crippen LogP contribution < -0.4 is 19.4 Å². The molecule has 0 radical (unpaired) electrons. The van der Waals surface area contributed by atoms with Crippen molar-refractivity contribution in [1.29, 1.82) is 0 Å². The number of carbonyl (C=O) groups is 3. The Hall–Kier alpha value is -4.15. The summed E-state index contributed by atoms with van der Waals surface area (Å²) < 4.78 is 12.7. The molecular weight excluding hydrogens is 656 g/mol. The van der Waals surface area contributed by atoms with Crippen LogP contribution in [0.3, 0.4) is 0 Å². The summed E-state index contributed by atoms with van der Waals surface area (Å²) in [6.45, 7) is 24.3. The fourth-order valence-electron chi connectivity index (χ4n) is 9.04. The number of anilines is 3. The zero-order chi connectivity index (χ0) is 38.0. The number of amides is 3. The van der Waals surface area contributed by atoms with Crippen molar-refractivity contribution in [2.45, 2.75) is 84.6 Å². The number of rotatable bonds is 17. The van der Waals surface area contributed by atoms with E-state index in [-0.39, 0.29) is 49.3 Å². The van der Waals surface area contributed by atoms with Gasteiger partial charge >= 0.3 is 0 Å². The number of ether oxygens (including phenoxy) is 2. The summed E-state index contributed by atoms with van der Waals surface area (Å²) in [5.41, 5.74) is 0.0550. The second kappa shape index (κ2) is 15.8. The van der Waals surface area contributed by atoms with E-state index in [0.29, 0.717) is 36.6 Å². The highest BCUT2D eigenvalue weighted by Gasteiger charge is 2.80. The van der Waals surface area contributed by atoms with Crippen molar-refractivity contribution in [3.05, 3.63) is 73.8 Å².